The summed E-state index contributed by atoms with van der Waals surface area (Å²) in [6, 6.07) is 16.6. The summed E-state index contributed by atoms with van der Waals surface area (Å²) in [5.41, 5.74) is 3.46. The fraction of sp³-hybridized carbons (Fsp3) is 0.222. The van der Waals surface area contributed by atoms with Gasteiger partial charge in [-0.3, -0.25) is 4.98 Å². The van der Waals surface area contributed by atoms with E-state index in [9.17, 15) is 9.50 Å². The van der Waals surface area contributed by atoms with Gasteiger partial charge in [0.2, 0.25) is 0 Å². The molecular formula is C27H23ClF2N2O. The van der Waals surface area contributed by atoms with Crippen LogP contribution in [0.25, 0.3) is 22.0 Å². The lowest BCUT2D eigenvalue weighted by Gasteiger charge is -2.19. The predicted molar refractivity (Wildman–Crippen MR) is 128 cm³/mol. The molecule has 1 aromatic heterocycles. The summed E-state index contributed by atoms with van der Waals surface area (Å²) in [6.45, 7) is 1.84. The van der Waals surface area contributed by atoms with E-state index in [0.29, 0.717) is 44.2 Å². The number of anilines is 1. The predicted octanol–water partition coefficient (Wildman–Crippen LogP) is 7.45. The lowest BCUT2D eigenvalue weighted by molar-refractivity contribution is 0.154. The lowest BCUT2D eigenvalue weighted by atomic mass is 9.98. The summed E-state index contributed by atoms with van der Waals surface area (Å²) in [7, 11) is 0. The van der Waals surface area contributed by atoms with Crippen LogP contribution in [0.2, 0.25) is 5.02 Å². The van der Waals surface area contributed by atoms with Crippen molar-refractivity contribution in [1.82, 2.24) is 4.98 Å². The number of pyridine rings is 1. The van der Waals surface area contributed by atoms with Gasteiger partial charge in [0.25, 0.3) is 0 Å². The maximum atomic E-state index is 15.0. The first-order valence-electron chi connectivity index (χ1n) is 11.0. The summed E-state index contributed by atoms with van der Waals surface area (Å²) in [6.07, 6.45) is 3.07. The summed E-state index contributed by atoms with van der Waals surface area (Å²) >= 11 is 6.46. The van der Waals surface area contributed by atoms with Crippen LogP contribution >= 0.6 is 11.6 Å². The molecule has 0 aliphatic heterocycles. The van der Waals surface area contributed by atoms with Crippen molar-refractivity contribution in [3.8, 4) is 11.1 Å². The zero-order chi connectivity index (χ0) is 23.1. The first-order valence-corrected chi connectivity index (χ1v) is 11.4. The molecule has 1 saturated carbocycles. The molecule has 0 radical (unpaired) electrons. The second kappa shape index (κ2) is 8.73. The van der Waals surface area contributed by atoms with Crippen molar-refractivity contribution < 1.29 is 13.9 Å². The van der Waals surface area contributed by atoms with E-state index in [2.05, 4.69) is 10.3 Å². The Kier molecular flexibility index (Phi) is 5.77. The van der Waals surface area contributed by atoms with E-state index in [1.54, 1.807) is 24.3 Å². The quantitative estimate of drug-likeness (QED) is 0.311. The minimum atomic E-state index is -0.473. The average Bonchev–Trinajstić information content (AvgIpc) is 3.66. The highest BCUT2D eigenvalue weighted by Crippen LogP contribution is 2.41. The van der Waals surface area contributed by atoms with E-state index >= 15 is 4.39 Å². The van der Waals surface area contributed by atoms with Gasteiger partial charge in [0.1, 0.15) is 11.6 Å². The smallest absolute Gasteiger partial charge is 0.133 e. The van der Waals surface area contributed by atoms with Gasteiger partial charge in [-0.25, -0.2) is 8.78 Å². The molecule has 0 bridgehead atoms. The van der Waals surface area contributed by atoms with Gasteiger partial charge < -0.3 is 10.4 Å². The maximum Gasteiger partial charge on any atom is 0.133 e. The number of halogens is 3. The number of rotatable bonds is 6. The van der Waals surface area contributed by atoms with Gasteiger partial charge in [0, 0.05) is 28.8 Å². The molecule has 1 aliphatic rings. The zero-order valence-electron chi connectivity index (χ0n) is 18.0. The molecule has 33 heavy (non-hydrogen) atoms. The van der Waals surface area contributed by atoms with E-state index in [4.69, 9.17) is 11.6 Å². The highest BCUT2D eigenvalue weighted by molar-refractivity contribution is 6.34. The molecule has 0 spiro atoms. The first-order chi connectivity index (χ1) is 15.9. The number of hydrogen-bond donors (Lipinski definition) is 2. The molecule has 2 atom stereocenters. The van der Waals surface area contributed by atoms with Crippen molar-refractivity contribution >= 4 is 28.2 Å². The van der Waals surface area contributed by atoms with Crippen LogP contribution in [0.3, 0.4) is 0 Å². The average molecular weight is 465 g/mol. The molecule has 1 heterocycles. The van der Waals surface area contributed by atoms with E-state index in [-0.39, 0.29) is 11.9 Å². The first kappa shape index (κ1) is 21.8. The number of hydrogen-bond acceptors (Lipinski definition) is 3. The number of aliphatic hydroxyl groups is 1. The maximum absolute atomic E-state index is 15.0. The Hall–Kier alpha value is -3.02. The minimum absolute atomic E-state index is 0.313. The highest BCUT2D eigenvalue weighted by Gasteiger charge is 2.30. The van der Waals surface area contributed by atoms with Gasteiger partial charge in [0.15, 0.2) is 0 Å². The van der Waals surface area contributed by atoms with Crippen molar-refractivity contribution in [1.29, 1.82) is 0 Å². The summed E-state index contributed by atoms with van der Waals surface area (Å²) in [5, 5.41) is 14.6. The Morgan fingerprint density at radius 1 is 1.03 bits per heavy atom. The van der Waals surface area contributed by atoms with Crippen LogP contribution < -0.4 is 5.32 Å². The molecule has 5 rings (SSSR count). The molecular weight excluding hydrogens is 442 g/mol. The standard InChI is InChI=1S/C27H23ClF2N2O/c1-15(19-4-2-3-5-23(19)29)32-26-21-12-20(24(30)13-25(21)31-14-22(26)28)16-6-8-17(9-7-16)27(33)18-10-11-18/h2-9,12-15,18,27,33H,10-11H2,1H3,(H,31,32). The third kappa shape index (κ3) is 4.31. The molecule has 6 heteroatoms. The van der Waals surface area contributed by atoms with Crippen molar-refractivity contribution in [2.45, 2.75) is 31.9 Å². The summed E-state index contributed by atoms with van der Waals surface area (Å²) < 4.78 is 29.3. The van der Waals surface area contributed by atoms with E-state index < -0.39 is 11.9 Å². The number of aromatic nitrogens is 1. The molecule has 3 aromatic carbocycles. The van der Waals surface area contributed by atoms with Gasteiger partial charge in [-0.15, -0.1) is 0 Å². The van der Waals surface area contributed by atoms with E-state index in [1.165, 1.54) is 18.3 Å². The summed E-state index contributed by atoms with van der Waals surface area (Å²) in [5.74, 6) is -0.389. The Morgan fingerprint density at radius 3 is 2.45 bits per heavy atom. The topological polar surface area (TPSA) is 45.2 Å². The van der Waals surface area contributed by atoms with Crippen molar-refractivity contribution in [2.75, 3.05) is 5.32 Å². The Labute approximate surface area is 196 Å². The Bertz CT molecular complexity index is 1320. The second-order valence-corrected chi connectivity index (χ2v) is 9.03. The van der Waals surface area contributed by atoms with E-state index in [0.717, 1.165) is 18.4 Å². The largest absolute Gasteiger partial charge is 0.388 e. The molecule has 0 saturated heterocycles. The Morgan fingerprint density at radius 2 is 1.76 bits per heavy atom. The number of benzene rings is 3. The molecule has 2 unspecified atom stereocenters. The third-order valence-electron chi connectivity index (χ3n) is 6.27. The van der Waals surface area contributed by atoms with Crippen molar-refractivity contribution in [2.24, 2.45) is 5.92 Å². The molecule has 1 fully saturated rings. The SMILES string of the molecule is CC(Nc1c(Cl)cnc2cc(F)c(-c3ccc(C(O)C4CC4)cc3)cc12)c1ccccc1F. The van der Waals surface area contributed by atoms with Gasteiger partial charge in [-0.05, 0) is 48.9 Å². The molecule has 4 aromatic rings. The van der Waals surface area contributed by atoms with Crippen LogP contribution in [0.1, 0.15) is 43.0 Å². The zero-order valence-corrected chi connectivity index (χ0v) is 18.8. The number of aliphatic hydroxyl groups excluding tert-OH is 1. The van der Waals surface area contributed by atoms with Gasteiger partial charge >= 0.3 is 0 Å². The van der Waals surface area contributed by atoms with Crippen LogP contribution in [-0.4, -0.2) is 10.1 Å². The monoisotopic (exact) mass is 464 g/mol. The van der Waals surface area contributed by atoms with Gasteiger partial charge in [-0.1, -0.05) is 54.1 Å². The molecule has 168 valence electrons. The third-order valence-corrected chi connectivity index (χ3v) is 6.56. The van der Waals surface area contributed by atoms with E-state index in [1.807, 2.05) is 31.2 Å². The fourth-order valence-corrected chi connectivity index (χ4v) is 4.43. The van der Waals surface area contributed by atoms with Crippen LogP contribution in [0.4, 0.5) is 14.5 Å². The van der Waals surface area contributed by atoms with Crippen LogP contribution in [0.5, 0.6) is 0 Å². The molecule has 1 aliphatic carbocycles. The Balaban J connectivity index is 1.54. The fourth-order valence-electron chi connectivity index (χ4n) is 4.22. The van der Waals surface area contributed by atoms with Crippen LogP contribution in [0.15, 0.2) is 66.9 Å². The van der Waals surface area contributed by atoms with Gasteiger partial charge in [-0.2, -0.15) is 0 Å². The minimum Gasteiger partial charge on any atom is -0.388 e. The summed E-state index contributed by atoms with van der Waals surface area (Å²) in [4.78, 5) is 4.28. The highest BCUT2D eigenvalue weighted by atomic mass is 35.5. The molecule has 2 N–H and O–H groups in total. The van der Waals surface area contributed by atoms with Crippen LogP contribution in [0, 0.1) is 17.6 Å². The normalized spacial score (nSPS) is 15.4. The molecule has 3 nitrogen and oxygen atoms in total. The molecule has 0 amide bonds. The van der Waals surface area contributed by atoms with Crippen LogP contribution in [-0.2, 0) is 0 Å². The van der Waals surface area contributed by atoms with Gasteiger partial charge in [0.05, 0.1) is 28.4 Å². The second-order valence-electron chi connectivity index (χ2n) is 8.62. The number of fused-ring (bicyclic) bond motifs is 1. The van der Waals surface area contributed by atoms with Crippen molar-refractivity contribution in [3.05, 3.63) is 94.6 Å². The number of nitrogens with one attached hydrogen (secondary N) is 1. The van der Waals surface area contributed by atoms with Crippen molar-refractivity contribution in [3.63, 3.8) is 0 Å². The number of nitrogens with zero attached hydrogens (tertiary/aromatic N) is 1. The lowest BCUT2D eigenvalue weighted by Crippen LogP contribution is -2.09.